The van der Waals surface area contributed by atoms with Crippen LogP contribution in [0.2, 0.25) is 0 Å². The second-order valence-corrected chi connectivity index (χ2v) is 7.02. The number of hydrogen-bond acceptors (Lipinski definition) is 4. The van der Waals surface area contributed by atoms with Crippen LogP contribution >= 0.6 is 0 Å². The number of nitrogens with one attached hydrogen (secondary N) is 2. The third-order valence-corrected chi connectivity index (χ3v) is 4.94. The molecule has 0 saturated heterocycles. The molecule has 7 heteroatoms. The van der Waals surface area contributed by atoms with E-state index >= 15 is 0 Å². The average molecular weight is 385 g/mol. The Labute approximate surface area is 163 Å². The molecular weight excluding hydrogens is 361 g/mol. The first-order valence-electron chi connectivity index (χ1n) is 9.34. The van der Waals surface area contributed by atoms with Crippen molar-refractivity contribution < 1.29 is 18.7 Å². The van der Waals surface area contributed by atoms with E-state index in [9.17, 15) is 14.0 Å². The fourth-order valence-electron chi connectivity index (χ4n) is 3.64. The van der Waals surface area contributed by atoms with E-state index < -0.39 is 0 Å². The summed E-state index contributed by atoms with van der Waals surface area (Å²) in [6, 6.07) is 7.86. The van der Waals surface area contributed by atoms with Crippen LogP contribution in [-0.4, -0.2) is 29.9 Å². The van der Waals surface area contributed by atoms with Gasteiger partial charge >= 0.3 is 0 Å². The molecule has 2 aromatic rings. The third kappa shape index (κ3) is 4.85. The lowest BCUT2D eigenvalue weighted by Crippen LogP contribution is -2.40. The maximum absolute atomic E-state index is 13.4. The molecule has 0 radical (unpaired) electrons. The minimum absolute atomic E-state index is 0.0322. The van der Waals surface area contributed by atoms with E-state index in [1.165, 1.54) is 26.2 Å². The molecule has 1 fully saturated rings. The SMILES string of the molecule is COc1cc(F)ccc1-c1ccnc(NC(=O)[C@@H]2CCC[C@H](NC(C)=O)C2)c1. The Bertz CT molecular complexity index is 872. The van der Waals surface area contributed by atoms with Crippen LogP contribution in [-0.2, 0) is 9.59 Å². The van der Waals surface area contributed by atoms with Crippen LogP contribution in [0.15, 0.2) is 36.5 Å². The topological polar surface area (TPSA) is 80.3 Å². The lowest BCUT2D eigenvalue weighted by Gasteiger charge is -2.28. The molecule has 2 atom stereocenters. The molecule has 148 valence electrons. The van der Waals surface area contributed by atoms with Crippen LogP contribution < -0.4 is 15.4 Å². The number of ether oxygens (including phenoxy) is 1. The summed E-state index contributed by atoms with van der Waals surface area (Å²) in [4.78, 5) is 28.2. The number of pyridine rings is 1. The summed E-state index contributed by atoms with van der Waals surface area (Å²) < 4.78 is 18.7. The Hall–Kier alpha value is -2.96. The average Bonchev–Trinajstić information content (AvgIpc) is 2.67. The molecule has 2 amide bonds. The second-order valence-electron chi connectivity index (χ2n) is 7.02. The van der Waals surface area contributed by atoms with Crippen LogP contribution in [0.25, 0.3) is 11.1 Å². The van der Waals surface area contributed by atoms with E-state index in [1.807, 2.05) is 0 Å². The molecule has 6 nitrogen and oxygen atoms in total. The molecule has 1 aliphatic rings. The summed E-state index contributed by atoms with van der Waals surface area (Å²) in [6.45, 7) is 1.49. The smallest absolute Gasteiger partial charge is 0.228 e. The van der Waals surface area contributed by atoms with Gasteiger partial charge in [-0.15, -0.1) is 0 Å². The minimum Gasteiger partial charge on any atom is -0.496 e. The zero-order valence-corrected chi connectivity index (χ0v) is 16.0. The number of nitrogens with zero attached hydrogens (tertiary/aromatic N) is 1. The van der Waals surface area contributed by atoms with Crippen LogP contribution in [0.1, 0.15) is 32.6 Å². The van der Waals surface area contributed by atoms with E-state index in [4.69, 9.17) is 4.74 Å². The molecule has 0 unspecified atom stereocenters. The van der Waals surface area contributed by atoms with Gasteiger partial charge in [0.2, 0.25) is 11.8 Å². The highest BCUT2D eigenvalue weighted by Crippen LogP contribution is 2.32. The molecule has 1 aromatic carbocycles. The molecule has 1 saturated carbocycles. The first-order valence-corrected chi connectivity index (χ1v) is 9.34. The highest BCUT2D eigenvalue weighted by molar-refractivity contribution is 5.92. The predicted octanol–water partition coefficient (Wildman–Crippen LogP) is 3.53. The monoisotopic (exact) mass is 385 g/mol. The summed E-state index contributed by atoms with van der Waals surface area (Å²) in [5, 5.41) is 5.77. The molecule has 28 heavy (non-hydrogen) atoms. The van der Waals surface area contributed by atoms with E-state index in [-0.39, 0.29) is 29.6 Å². The molecule has 1 aliphatic carbocycles. The van der Waals surface area contributed by atoms with Crippen molar-refractivity contribution in [3.05, 3.63) is 42.3 Å². The van der Waals surface area contributed by atoms with Gasteiger partial charge in [-0.25, -0.2) is 9.37 Å². The van der Waals surface area contributed by atoms with Gasteiger partial charge in [-0.1, -0.05) is 6.42 Å². The van der Waals surface area contributed by atoms with Crippen molar-refractivity contribution in [1.29, 1.82) is 0 Å². The predicted molar refractivity (Wildman–Crippen MR) is 104 cm³/mol. The van der Waals surface area contributed by atoms with Crippen LogP contribution in [0.3, 0.4) is 0 Å². The molecular formula is C21H24FN3O3. The number of methoxy groups -OCH3 is 1. The molecule has 0 aliphatic heterocycles. The van der Waals surface area contributed by atoms with Crippen molar-refractivity contribution in [2.24, 2.45) is 5.92 Å². The summed E-state index contributed by atoms with van der Waals surface area (Å²) in [7, 11) is 1.48. The standard InChI is InChI=1S/C21H24FN3O3/c1-13(26)24-17-5-3-4-15(10-17)21(27)25-20-11-14(8-9-23-20)18-7-6-16(22)12-19(18)28-2/h6-9,11-12,15,17H,3-5,10H2,1-2H3,(H,24,26)(H,23,25,27)/t15-,17+/m1/s1. The summed E-state index contributed by atoms with van der Waals surface area (Å²) in [5.41, 5.74) is 1.48. The Morgan fingerprint density at radius 2 is 2.04 bits per heavy atom. The number of rotatable bonds is 5. The van der Waals surface area contributed by atoms with Crippen molar-refractivity contribution in [1.82, 2.24) is 10.3 Å². The van der Waals surface area contributed by atoms with Gasteiger partial charge in [0.25, 0.3) is 0 Å². The Morgan fingerprint density at radius 1 is 1.21 bits per heavy atom. The van der Waals surface area contributed by atoms with Crippen LogP contribution in [0, 0.1) is 11.7 Å². The van der Waals surface area contributed by atoms with Gasteiger partial charge in [0, 0.05) is 36.7 Å². The van der Waals surface area contributed by atoms with Crippen molar-refractivity contribution in [3.8, 4) is 16.9 Å². The van der Waals surface area contributed by atoms with Crippen molar-refractivity contribution in [2.75, 3.05) is 12.4 Å². The van der Waals surface area contributed by atoms with Gasteiger partial charge in [0.05, 0.1) is 7.11 Å². The highest BCUT2D eigenvalue weighted by Gasteiger charge is 2.28. The Kier molecular flexibility index (Phi) is 6.23. The fraction of sp³-hybridized carbons (Fsp3) is 0.381. The zero-order valence-electron chi connectivity index (χ0n) is 16.0. The maximum Gasteiger partial charge on any atom is 0.228 e. The Balaban J connectivity index is 1.72. The summed E-state index contributed by atoms with van der Waals surface area (Å²) >= 11 is 0. The number of halogens is 1. The molecule has 2 N–H and O–H groups in total. The van der Waals surface area contributed by atoms with E-state index in [2.05, 4.69) is 15.6 Å². The zero-order chi connectivity index (χ0) is 20.1. The van der Waals surface area contributed by atoms with Gasteiger partial charge in [-0.2, -0.15) is 0 Å². The second kappa shape index (κ2) is 8.82. The third-order valence-electron chi connectivity index (χ3n) is 4.94. The number of amides is 2. The largest absolute Gasteiger partial charge is 0.496 e. The molecule has 3 rings (SSSR count). The van der Waals surface area contributed by atoms with Gasteiger partial charge in [0.1, 0.15) is 17.4 Å². The lowest BCUT2D eigenvalue weighted by atomic mass is 9.85. The van der Waals surface area contributed by atoms with Crippen molar-refractivity contribution in [2.45, 2.75) is 38.6 Å². The number of benzene rings is 1. The molecule has 1 heterocycles. The van der Waals surface area contributed by atoms with E-state index in [0.717, 1.165) is 24.8 Å². The van der Waals surface area contributed by atoms with Gasteiger partial charge in [-0.3, -0.25) is 9.59 Å². The number of aromatic nitrogens is 1. The quantitative estimate of drug-likeness (QED) is 0.825. The Morgan fingerprint density at radius 3 is 2.79 bits per heavy atom. The fourth-order valence-corrected chi connectivity index (χ4v) is 3.64. The lowest BCUT2D eigenvalue weighted by molar-refractivity contribution is -0.123. The normalized spacial score (nSPS) is 19.0. The van der Waals surface area contributed by atoms with E-state index in [1.54, 1.807) is 24.4 Å². The molecule has 0 bridgehead atoms. The van der Waals surface area contributed by atoms with Crippen LogP contribution in [0.4, 0.5) is 10.2 Å². The summed E-state index contributed by atoms with van der Waals surface area (Å²) in [5.74, 6) is 0.106. The number of hydrogen-bond donors (Lipinski definition) is 2. The number of anilines is 1. The van der Waals surface area contributed by atoms with Crippen molar-refractivity contribution in [3.63, 3.8) is 0 Å². The van der Waals surface area contributed by atoms with Crippen molar-refractivity contribution >= 4 is 17.6 Å². The van der Waals surface area contributed by atoms with E-state index in [0.29, 0.717) is 23.6 Å². The first-order chi connectivity index (χ1) is 13.5. The minimum atomic E-state index is -0.380. The highest BCUT2D eigenvalue weighted by atomic mass is 19.1. The number of carbonyl (C=O) groups excluding carboxylic acids is 2. The van der Waals surface area contributed by atoms with Gasteiger partial charge < -0.3 is 15.4 Å². The summed E-state index contributed by atoms with van der Waals surface area (Å²) in [6.07, 6.45) is 4.78. The molecule has 1 aromatic heterocycles. The van der Waals surface area contributed by atoms with Gasteiger partial charge in [0.15, 0.2) is 0 Å². The maximum atomic E-state index is 13.4. The van der Waals surface area contributed by atoms with Crippen LogP contribution in [0.5, 0.6) is 5.75 Å². The van der Waals surface area contributed by atoms with Gasteiger partial charge in [-0.05, 0) is 49.1 Å². The molecule has 0 spiro atoms. The number of carbonyl (C=O) groups is 2. The first kappa shape index (κ1) is 19.8.